The van der Waals surface area contributed by atoms with Gasteiger partial charge in [0, 0.05) is 31.0 Å². The highest BCUT2D eigenvalue weighted by molar-refractivity contribution is 7.90. The van der Waals surface area contributed by atoms with Gasteiger partial charge in [-0.25, -0.2) is 8.42 Å². The van der Waals surface area contributed by atoms with Crippen LogP contribution in [0.4, 0.5) is 5.69 Å². The fraction of sp³-hybridized carbons (Fsp3) is 0.619. The highest BCUT2D eigenvalue weighted by Crippen LogP contribution is 2.32. The first kappa shape index (κ1) is 21.8. The van der Waals surface area contributed by atoms with Gasteiger partial charge in [-0.1, -0.05) is 0 Å². The van der Waals surface area contributed by atoms with Crippen molar-refractivity contribution in [2.75, 3.05) is 18.6 Å². The number of amides is 2. The number of rotatable bonds is 6. The molecule has 1 aromatic rings. The molecule has 1 aromatic carbocycles. The molecule has 0 spiro atoms. The summed E-state index contributed by atoms with van der Waals surface area (Å²) in [6.45, 7) is 0. The molecule has 8 heteroatoms. The molecule has 0 radical (unpaired) electrons. The molecule has 2 aliphatic rings. The number of benzene rings is 1. The zero-order valence-electron chi connectivity index (χ0n) is 17.1. The number of hydrogen-bond donors (Lipinski definition) is 2. The average Bonchev–Trinajstić information content (AvgIpc) is 2.65. The number of sulfone groups is 1. The third kappa shape index (κ3) is 5.17. The summed E-state index contributed by atoms with van der Waals surface area (Å²) in [5.41, 5.74) is 6.84. The van der Waals surface area contributed by atoms with Crippen molar-refractivity contribution in [2.24, 2.45) is 17.6 Å². The highest BCUT2D eigenvalue weighted by atomic mass is 32.2. The van der Waals surface area contributed by atoms with E-state index in [0.717, 1.165) is 31.9 Å². The van der Waals surface area contributed by atoms with Gasteiger partial charge in [-0.3, -0.25) is 9.59 Å². The van der Waals surface area contributed by atoms with Crippen molar-refractivity contribution in [2.45, 2.75) is 61.9 Å². The minimum Gasteiger partial charge on any atom is -0.341 e. The Morgan fingerprint density at radius 2 is 1.66 bits per heavy atom. The fourth-order valence-corrected chi connectivity index (χ4v) is 4.79. The minimum atomic E-state index is -3.26. The fourth-order valence-electron chi connectivity index (χ4n) is 4.16. The Morgan fingerprint density at radius 3 is 2.14 bits per heavy atom. The molecule has 2 aliphatic carbocycles. The predicted octanol–water partition coefficient (Wildman–Crippen LogP) is 2.17. The highest BCUT2D eigenvalue weighted by Gasteiger charge is 2.35. The molecular weight excluding hydrogens is 390 g/mol. The Bertz CT molecular complexity index is 841. The van der Waals surface area contributed by atoms with Crippen LogP contribution in [0, 0.1) is 11.8 Å². The lowest BCUT2D eigenvalue weighted by Crippen LogP contribution is -2.52. The number of nitrogens with two attached hydrogens (primary N) is 1. The van der Waals surface area contributed by atoms with Gasteiger partial charge in [0.1, 0.15) is 0 Å². The van der Waals surface area contributed by atoms with Crippen LogP contribution in [0.3, 0.4) is 0 Å². The lowest BCUT2D eigenvalue weighted by atomic mass is 9.77. The molecule has 3 rings (SSSR count). The minimum absolute atomic E-state index is 0.0218. The summed E-state index contributed by atoms with van der Waals surface area (Å²) in [6, 6.07) is 6.03. The molecule has 0 unspecified atom stereocenters. The van der Waals surface area contributed by atoms with Gasteiger partial charge in [-0.05, 0) is 75.1 Å². The van der Waals surface area contributed by atoms with Crippen LogP contribution in [0.1, 0.15) is 44.9 Å². The molecule has 29 heavy (non-hydrogen) atoms. The normalized spacial score (nSPS) is 23.7. The molecule has 0 heterocycles. The van der Waals surface area contributed by atoms with Crippen molar-refractivity contribution in [3.05, 3.63) is 24.3 Å². The molecule has 2 fully saturated rings. The average molecular weight is 422 g/mol. The molecule has 160 valence electrons. The van der Waals surface area contributed by atoms with Crippen molar-refractivity contribution in [3.8, 4) is 0 Å². The van der Waals surface area contributed by atoms with E-state index in [4.69, 9.17) is 5.73 Å². The van der Waals surface area contributed by atoms with Gasteiger partial charge in [-0.2, -0.15) is 0 Å². The van der Waals surface area contributed by atoms with E-state index in [9.17, 15) is 18.0 Å². The number of anilines is 1. The van der Waals surface area contributed by atoms with Crippen LogP contribution in [-0.2, 0) is 19.4 Å². The SMILES string of the molecule is CN(C(=O)[C@@H](N)C1CCC(C(=O)Nc2ccc(S(C)(=O)=O)cc2)CC1)C1CCC1. The van der Waals surface area contributed by atoms with Gasteiger partial charge in [0.15, 0.2) is 9.84 Å². The van der Waals surface area contributed by atoms with Crippen LogP contribution in [0.2, 0.25) is 0 Å². The first-order valence-electron chi connectivity index (χ1n) is 10.3. The second-order valence-electron chi connectivity index (χ2n) is 8.46. The van der Waals surface area contributed by atoms with E-state index >= 15 is 0 Å². The maximum absolute atomic E-state index is 12.6. The van der Waals surface area contributed by atoms with E-state index in [2.05, 4.69) is 5.32 Å². The molecule has 2 saturated carbocycles. The topological polar surface area (TPSA) is 110 Å². The lowest BCUT2D eigenvalue weighted by molar-refractivity contribution is -0.136. The second kappa shape index (κ2) is 8.83. The lowest BCUT2D eigenvalue weighted by Gasteiger charge is -2.38. The Kier molecular flexibility index (Phi) is 6.63. The molecule has 7 nitrogen and oxygen atoms in total. The first-order chi connectivity index (χ1) is 13.7. The molecule has 0 aliphatic heterocycles. The maximum Gasteiger partial charge on any atom is 0.239 e. The zero-order chi connectivity index (χ0) is 21.2. The Morgan fingerprint density at radius 1 is 1.07 bits per heavy atom. The summed E-state index contributed by atoms with van der Waals surface area (Å²) >= 11 is 0. The summed E-state index contributed by atoms with van der Waals surface area (Å²) in [7, 11) is -1.41. The van der Waals surface area contributed by atoms with E-state index < -0.39 is 15.9 Å². The monoisotopic (exact) mass is 421 g/mol. The number of hydrogen-bond acceptors (Lipinski definition) is 5. The van der Waals surface area contributed by atoms with Gasteiger partial charge in [0.2, 0.25) is 11.8 Å². The van der Waals surface area contributed by atoms with E-state index in [1.165, 1.54) is 18.6 Å². The van der Waals surface area contributed by atoms with Crippen molar-refractivity contribution in [3.63, 3.8) is 0 Å². The Labute approximate surface area is 172 Å². The van der Waals surface area contributed by atoms with Gasteiger partial charge in [0.25, 0.3) is 0 Å². The molecule has 1 atom stereocenters. The number of carbonyl (C=O) groups excluding carboxylic acids is 2. The number of nitrogens with zero attached hydrogens (tertiary/aromatic N) is 1. The van der Waals surface area contributed by atoms with Gasteiger partial charge in [0.05, 0.1) is 10.9 Å². The van der Waals surface area contributed by atoms with E-state index in [0.29, 0.717) is 24.6 Å². The predicted molar refractivity (Wildman–Crippen MR) is 112 cm³/mol. The van der Waals surface area contributed by atoms with Crippen molar-refractivity contribution >= 4 is 27.3 Å². The van der Waals surface area contributed by atoms with Crippen molar-refractivity contribution < 1.29 is 18.0 Å². The molecular formula is C21H31N3O4S. The van der Waals surface area contributed by atoms with Gasteiger partial charge >= 0.3 is 0 Å². The summed E-state index contributed by atoms with van der Waals surface area (Å²) in [5.74, 6) is -0.0498. The van der Waals surface area contributed by atoms with Gasteiger partial charge < -0.3 is 16.0 Å². The summed E-state index contributed by atoms with van der Waals surface area (Å²) in [4.78, 5) is 27.2. The summed E-state index contributed by atoms with van der Waals surface area (Å²) < 4.78 is 23.0. The molecule has 0 aromatic heterocycles. The molecule has 0 bridgehead atoms. The number of nitrogens with one attached hydrogen (secondary N) is 1. The molecule has 0 saturated heterocycles. The van der Waals surface area contributed by atoms with E-state index in [1.54, 1.807) is 12.1 Å². The van der Waals surface area contributed by atoms with Crippen LogP contribution in [-0.4, -0.2) is 50.5 Å². The molecule has 3 N–H and O–H groups in total. The third-order valence-electron chi connectivity index (χ3n) is 6.46. The summed E-state index contributed by atoms with van der Waals surface area (Å²) in [5, 5.41) is 2.87. The first-order valence-corrected chi connectivity index (χ1v) is 12.2. The van der Waals surface area contributed by atoms with Crippen molar-refractivity contribution in [1.29, 1.82) is 0 Å². The van der Waals surface area contributed by atoms with Crippen LogP contribution in [0.5, 0.6) is 0 Å². The Balaban J connectivity index is 1.49. The van der Waals surface area contributed by atoms with Crippen LogP contribution < -0.4 is 11.1 Å². The van der Waals surface area contributed by atoms with E-state index in [1.807, 2.05) is 11.9 Å². The third-order valence-corrected chi connectivity index (χ3v) is 7.58. The van der Waals surface area contributed by atoms with Crippen LogP contribution >= 0.6 is 0 Å². The van der Waals surface area contributed by atoms with Gasteiger partial charge in [-0.15, -0.1) is 0 Å². The standard InChI is InChI=1S/C21H31N3O4S/c1-24(17-4-3-5-17)21(26)19(22)14-6-8-15(9-7-14)20(25)23-16-10-12-18(13-11-16)29(2,27)28/h10-15,17,19H,3-9,22H2,1-2H3,(H,23,25)/t14?,15?,19-/m0/s1. The van der Waals surface area contributed by atoms with Crippen LogP contribution in [0.25, 0.3) is 0 Å². The Hall–Kier alpha value is -1.93. The largest absolute Gasteiger partial charge is 0.341 e. The zero-order valence-corrected chi connectivity index (χ0v) is 18.0. The van der Waals surface area contributed by atoms with Crippen molar-refractivity contribution in [1.82, 2.24) is 4.90 Å². The number of likely N-dealkylation sites (N-methyl/N-ethyl adjacent to an activating group) is 1. The number of carbonyl (C=O) groups is 2. The molecule has 2 amide bonds. The van der Waals surface area contributed by atoms with Crippen LogP contribution in [0.15, 0.2) is 29.2 Å². The summed E-state index contributed by atoms with van der Waals surface area (Å²) in [6.07, 6.45) is 7.37. The maximum atomic E-state index is 12.6. The smallest absolute Gasteiger partial charge is 0.239 e. The van der Waals surface area contributed by atoms with E-state index in [-0.39, 0.29) is 28.5 Å². The second-order valence-corrected chi connectivity index (χ2v) is 10.5. The quantitative estimate of drug-likeness (QED) is 0.732.